The largest absolute Gasteiger partial charge is 0.345 e. The third-order valence-electron chi connectivity index (χ3n) is 4.05. The average Bonchev–Trinajstić information content (AvgIpc) is 2.54. The summed E-state index contributed by atoms with van der Waals surface area (Å²) in [7, 11) is 1.86. The van der Waals surface area contributed by atoms with E-state index in [0.717, 1.165) is 32.5 Å². The van der Waals surface area contributed by atoms with Gasteiger partial charge >= 0.3 is 0 Å². The van der Waals surface area contributed by atoms with E-state index in [4.69, 9.17) is 5.73 Å². The molecule has 0 unspecified atom stereocenters. The molecule has 2 aliphatic rings. The highest BCUT2D eigenvalue weighted by Crippen LogP contribution is 2.40. The van der Waals surface area contributed by atoms with E-state index in [2.05, 4.69) is 0 Å². The lowest BCUT2D eigenvalue weighted by molar-refractivity contribution is -0.134. The number of hydrogen-bond donors (Lipinski definition) is 1. The van der Waals surface area contributed by atoms with Gasteiger partial charge in [-0.3, -0.25) is 9.59 Å². The summed E-state index contributed by atoms with van der Waals surface area (Å²) in [5.74, 6) is 0.259. The number of carbonyl (C=O) groups excluding carboxylic acids is 2. The van der Waals surface area contributed by atoms with Crippen LogP contribution in [0.1, 0.15) is 26.2 Å². The summed E-state index contributed by atoms with van der Waals surface area (Å²) in [6, 6.07) is -0.420. The molecule has 17 heavy (non-hydrogen) atoms. The van der Waals surface area contributed by atoms with Gasteiger partial charge in [-0.25, -0.2) is 0 Å². The number of carbonyl (C=O) groups is 2. The monoisotopic (exact) mass is 239 g/mol. The van der Waals surface area contributed by atoms with Crippen molar-refractivity contribution in [2.24, 2.45) is 11.1 Å². The highest BCUT2D eigenvalue weighted by atomic mass is 16.2. The number of hydrogen-bond acceptors (Lipinski definition) is 3. The van der Waals surface area contributed by atoms with Gasteiger partial charge < -0.3 is 15.5 Å². The maximum absolute atomic E-state index is 11.8. The van der Waals surface area contributed by atoms with E-state index >= 15 is 0 Å². The zero-order valence-electron chi connectivity index (χ0n) is 10.6. The summed E-state index contributed by atoms with van der Waals surface area (Å²) < 4.78 is 0. The molecule has 0 bridgehead atoms. The second-order valence-electron chi connectivity index (χ2n) is 5.54. The number of rotatable bonds is 1. The van der Waals surface area contributed by atoms with Crippen LogP contribution in [0.15, 0.2) is 0 Å². The second-order valence-corrected chi connectivity index (χ2v) is 5.54. The second kappa shape index (κ2) is 4.29. The standard InChI is InChI=1S/C12H21N3O2/c1-9(13)11(17)15-5-3-12(4-6-15)7-10(16)14(2)8-12/h9H,3-8,13H2,1-2H3/t9-/m1/s1. The Morgan fingerprint density at radius 3 is 2.41 bits per heavy atom. The number of nitrogens with zero attached hydrogens (tertiary/aromatic N) is 2. The quantitative estimate of drug-likeness (QED) is 0.689. The Morgan fingerprint density at radius 1 is 1.41 bits per heavy atom. The molecule has 2 amide bonds. The third kappa shape index (κ3) is 2.29. The lowest BCUT2D eigenvalue weighted by Gasteiger charge is -2.39. The minimum Gasteiger partial charge on any atom is -0.345 e. The number of amides is 2. The molecule has 5 nitrogen and oxygen atoms in total. The lowest BCUT2D eigenvalue weighted by atomic mass is 9.77. The first-order valence-electron chi connectivity index (χ1n) is 6.22. The molecule has 0 saturated carbocycles. The van der Waals surface area contributed by atoms with Gasteiger partial charge in [0.1, 0.15) is 0 Å². The Balaban J connectivity index is 1.95. The van der Waals surface area contributed by atoms with Crippen LogP contribution in [0.3, 0.4) is 0 Å². The van der Waals surface area contributed by atoms with E-state index in [1.807, 2.05) is 16.8 Å². The van der Waals surface area contributed by atoms with Crippen LogP contribution in [-0.4, -0.2) is 54.3 Å². The fourth-order valence-corrected chi connectivity index (χ4v) is 2.93. The van der Waals surface area contributed by atoms with Crippen molar-refractivity contribution in [3.8, 4) is 0 Å². The fraction of sp³-hybridized carbons (Fsp3) is 0.833. The van der Waals surface area contributed by atoms with Crippen LogP contribution in [0.5, 0.6) is 0 Å². The first kappa shape index (κ1) is 12.4. The molecule has 2 rings (SSSR count). The predicted molar refractivity (Wildman–Crippen MR) is 64.2 cm³/mol. The lowest BCUT2D eigenvalue weighted by Crippen LogP contribution is -2.48. The van der Waals surface area contributed by atoms with E-state index in [0.29, 0.717) is 6.42 Å². The Kier molecular flexibility index (Phi) is 3.12. The maximum atomic E-state index is 11.8. The van der Waals surface area contributed by atoms with Crippen LogP contribution in [-0.2, 0) is 9.59 Å². The summed E-state index contributed by atoms with van der Waals surface area (Å²) in [5, 5.41) is 0. The van der Waals surface area contributed by atoms with Crippen LogP contribution < -0.4 is 5.73 Å². The molecule has 0 aromatic rings. The zero-order chi connectivity index (χ0) is 12.6. The molecule has 2 fully saturated rings. The molecular formula is C12H21N3O2. The van der Waals surface area contributed by atoms with Crippen molar-refractivity contribution in [1.29, 1.82) is 0 Å². The van der Waals surface area contributed by atoms with Gasteiger partial charge in [0.25, 0.3) is 0 Å². The summed E-state index contributed by atoms with van der Waals surface area (Å²) in [5.41, 5.74) is 5.71. The van der Waals surface area contributed by atoms with Gasteiger partial charge in [0.05, 0.1) is 6.04 Å². The van der Waals surface area contributed by atoms with E-state index in [9.17, 15) is 9.59 Å². The smallest absolute Gasteiger partial charge is 0.239 e. The third-order valence-corrected chi connectivity index (χ3v) is 4.05. The average molecular weight is 239 g/mol. The van der Waals surface area contributed by atoms with Crippen LogP contribution in [0.4, 0.5) is 0 Å². The van der Waals surface area contributed by atoms with Gasteiger partial charge in [0, 0.05) is 38.5 Å². The minimum absolute atomic E-state index is 0.0255. The van der Waals surface area contributed by atoms with Gasteiger partial charge in [-0.1, -0.05) is 0 Å². The normalized spacial score (nSPS) is 25.5. The van der Waals surface area contributed by atoms with Crippen molar-refractivity contribution < 1.29 is 9.59 Å². The van der Waals surface area contributed by atoms with Crippen molar-refractivity contribution in [2.45, 2.75) is 32.2 Å². The van der Waals surface area contributed by atoms with Crippen molar-refractivity contribution >= 4 is 11.8 Å². The fourth-order valence-electron chi connectivity index (χ4n) is 2.93. The molecule has 2 N–H and O–H groups in total. The molecule has 2 saturated heterocycles. The van der Waals surface area contributed by atoms with Crippen LogP contribution in [0.2, 0.25) is 0 Å². The molecule has 5 heteroatoms. The predicted octanol–water partition coefficient (Wildman–Crippen LogP) is -0.195. The van der Waals surface area contributed by atoms with Crippen molar-refractivity contribution in [1.82, 2.24) is 9.80 Å². The van der Waals surface area contributed by atoms with E-state index < -0.39 is 6.04 Å². The molecule has 2 aliphatic heterocycles. The molecule has 2 heterocycles. The molecule has 1 spiro atoms. The Hall–Kier alpha value is -1.10. The van der Waals surface area contributed by atoms with Crippen molar-refractivity contribution in [3.63, 3.8) is 0 Å². The van der Waals surface area contributed by atoms with Crippen molar-refractivity contribution in [3.05, 3.63) is 0 Å². The molecule has 0 aliphatic carbocycles. The summed E-state index contributed by atoms with van der Waals surface area (Å²) >= 11 is 0. The summed E-state index contributed by atoms with van der Waals surface area (Å²) in [6.45, 7) is 4.04. The summed E-state index contributed by atoms with van der Waals surface area (Å²) in [6.07, 6.45) is 2.48. The summed E-state index contributed by atoms with van der Waals surface area (Å²) in [4.78, 5) is 27.0. The van der Waals surface area contributed by atoms with Gasteiger partial charge in [-0.15, -0.1) is 0 Å². The molecule has 0 aromatic carbocycles. The molecular weight excluding hydrogens is 218 g/mol. The maximum Gasteiger partial charge on any atom is 0.239 e. The SMILES string of the molecule is C[C@@H](N)C(=O)N1CCC2(CC1)CC(=O)N(C)C2. The number of piperidine rings is 1. The van der Waals surface area contributed by atoms with Gasteiger partial charge in [-0.05, 0) is 19.8 Å². The highest BCUT2D eigenvalue weighted by molar-refractivity contribution is 5.82. The number of likely N-dealkylation sites (tertiary alicyclic amines) is 2. The minimum atomic E-state index is -0.420. The van der Waals surface area contributed by atoms with E-state index in [-0.39, 0.29) is 17.2 Å². The van der Waals surface area contributed by atoms with Gasteiger partial charge in [0.15, 0.2) is 0 Å². The molecule has 96 valence electrons. The van der Waals surface area contributed by atoms with Crippen LogP contribution in [0, 0.1) is 5.41 Å². The Morgan fingerprint density at radius 2 is 2.00 bits per heavy atom. The topological polar surface area (TPSA) is 66.6 Å². The first-order chi connectivity index (χ1) is 7.93. The highest BCUT2D eigenvalue weighted by Gasteiger charge is 2.44. The van der Waals surface area contributed by atoms with E-state index in [1.54, 1.807) is 6.92 Å². The van der Waals surface area contributed by atoms with Gasteiger partial charge in [-0.2, -0.15) is 0 Å². The van der Waals surface area contributed by atoms with Crippen molar-refractivity contribution in [2.75, 3.05) is 26.7 Å². The van der Waals surface area contributed by atoms with E-state index in [1.165, 1.54) is 0 Å². The van der Waals surface area contributed by atoms with Crippen LogP contribution >= 0.6 is 0 Å². The first-order valence-corrected chi connectivity index (χ1v) is 6.22. The Labute approximate surface area is 102 Å². The molecule has 0 aromatic heterocycles. The molecule has 1 atom stereocenters. The zero-order valence-corrected chi connectivity index (χ0v) is 10.6. The van der Waals surface area contributed by atoms with Crippen LogP contribution in [0.25, 0.3) is 0 Å². The molecule has 0 radical (unpaired) electrons. The number of nitrogens with two attached hydrogens (primary N) is 1. The Bertz CT molecular complexity index is 333. The van der Waals surface area contributed by atoms with Gasteiger partial charge in [0.2, 0.25) is 11.8 Å².